The van der Waals surface area contributed by atoms with E-state index in [2.05, 4.69) is 42.4 Å². The number of aromatic amines is 2. The maximum absolute atomic E-state index is 12.9. The van der Waals surface area contributed by atoms with Crippen molar-refractivity contribution >= 4 is 51.2 Å². The third-order valence-electron chi connectivity index (χ3n) is 5.77. The molecule has 0 saturated carbocycles. The number of nitrogens with zero attached hydrogens (tertiary/aromatic N) is 5. The fourth-order valence-corrected chi connectivity index (χ4v) is 4.08. The number of alkyl halides is 1. The van der Waals surface area contributed by atoms with Gasteiger partial charge in [0.15, 0.2) is 11.5 Å². The van der Waals surface area contributed by atoms with Crippen molar-refractivity contribution in [3.8, 4) is 11.5 Å². The van der Waals surface area contributed by atoms with Gasteiger partial charge in [-0.2, -0.15) is 5.10 Å². The maximum atomic E-state index is 12.9. The average Bonchev–Trinajstić information content (AvgIpc) is 3.42. The van der Waals surface area contributed by atoms with Gasteiger partial charge in [0.1, 0.15) is 5.69 Å². The summed E-state index contributed by atoms with van der Waals surface area (Å²) in [5, 5.41) is 10.7. The topological polar surface area (TPSA) is 123 Å². The molecule has 1 fully saturated rings. The second-order valence-electron chi connectivity index (χ2n) is 8.09. The largest absolute Gasteiger partial charge is 0.337 e. The Morgan fingerprint density at radius 3 is 2.79 bits per heavy atom. The quantitative estimate of drug-likeness (QED) is 0.388. The van der Waals surface area contributed by atoms with E-state index in [9.17, 15) is 9.59 Å². The van der Waals surface area contributed by atoms with E-state index in [0.717, 1.165) is 37.2 Å². The fourth-order valence-electron chi connectivity index (χ4n) is 3.91. The van der Waals surface area contributed by atoms with E-state index in [0.29, 0.717) is 33.8 Å². The molecule has 3 aromatic heterocycles. The molecule has 10 nitrogen and oxygen atoms in total. The van der Waals surface area contributed by atoms with Crippen molar-refractivity contribution in [2.45, 2.75) is 6.42 Å². The third kappa shape index (κ3) is 4.27. The monoisotopic (exact) mass is 466 g/mol. The van der Waals surface area contributed by atoms with Crippen molar-refractivity contribution < 1.29 is 9.59 Å². The standard InChI is InChI=1S/C22H23ClN8O2/c1-30-6-8-31(9-7-30)22(33)13-2-3-16-17(10-13)27-21(26-16)19-15-11-14(25-18(32)4-5-23)12-24-20(15)29-28-19/h2-3,10-12H,4-9H2,1H3,(H,25,32)(H,26,27)(H,24,28,29). The summed E-state index contributed by atoms with van der Waals surface area (Å²) >= 11 is 5.64. The molecule has 5 rings (SSSR count). The Morgan fingerprint density at radius 1 is 1.18 bits per heavy atom. The lowest BCUT2D eigenvalue weighted by molar-refractivity contribution is -0.115. The highest BCUT2D eigenvalue weighted by Gasteiger charge is 2.21. The molecule has 33 heavy (non-hydrogen) atoms. The van der Waals surface area contributed by atoms with Crippen LogP contribution in [0.25, 0.3) is 33.6 Å². The summed E-state index contributed by atoms with van der Waals surface area (Å²) in [6, 6.07) is 7.28. The Morgan fingerprint density at radius 2 is 2.00 bits per heavy atom. The van der Waals surface area contributed by atoms with Crippen LogP contribution in [-0.4, -0.2) is 85.9 Å². The molecule has 1 aromatic carbocycles. The fraction of sp³-hybridized carbons (Fsp3) is 0.318. The summed E-state index contributed by atoms with van der Waals surface area (Å²) in [5.74, 6) is 0.659. The molecular formula is C22H23ClN8O2. The van der Waals surface area contributed by atoms with Crippen molar-refractivity contribution in [1.82, 2.24) is 34.9 Å². The number of amides is 2. The summed E-state index contributed by atoms with van der Waals surface area (Å²) in [6.45, 7) is 3.19. The number of carbonyl (C=O) groups is 2. The van der Waals surface area contributed by atoms with Crippen molar-refractivity contribution in [1.29, 1.82) is 0 Å². The van der Waals surface area contributed by atoms with E-state index in [1.165, 1.54) is 0 Å². The summed E-state index contributed by atoms with van der Waals surface area (Å²) in [5.41, 5.74) is 3.83. The highest BCUT2D eigenvalue weighted by atomic mass is 35.5. The second kappa shape index (κ2) is 8.80. The van der Waals surface area contributed by atoms with E-state index in [1.807, 2.05) is 23.1 Å². The van der Waals surface area contributed by atoms with Crippen LogP contribution in [-0.2, 0) is 4.79 Å². The zero-order valence-electron chi connectivity index (χ0n) is 18.1. The van der Waals surface area contributed by atoms with E-state index < -0.39 is 0 Å². The van der Waals surface area contributed by atoms with Crippen LogP contribution >= 0.6 is 11.6 Å². The van der Waals surface area contributed by atoms with Gasteiger partial charge in [-0.15, -0.1) is 11.6 Å². The summed E-state index contributed by atoms with van der Waals surface area (Å²) in [7, 11) is 2.06. The Labute approximate surface area is 194 Å². The lowest BCUT2D eigenvalue weighted by Crippen LogP contribution is -2.47. The van der Waals surface area contributed by atoms with Gasteiger partial charge in [-0.1, -0.05) is 0 Å². The smallest absolute Gasteiger partial charge is 0.254 e. The highest BCUT2D eigenvalue weighted by molar-refractivity contribution is 6.19. The number of hydrogen-bond acceptors (Lipinski definition) is 6. The zero-order chi connectivity index (χ0) is 22.9. The molecule has 0 aliphatic carbocycles. The normalized spacial score (nSPS) is 14.8. The minimum atomic E-state index is -0.183. The van der Waals surface area contributed by atoms with Crippen molar-refractivity contribution in [2.24, 2.45) is 0 Å². The third-order valence-corrected chi connectivity index (χ3v) is 5.96. The Kier molecular flexibility index (Phi) is 5.69. The SMILES string of the molecule is CN1CCN(C(=O)c2ccc3nc(-c4[nH]nc5ncc(NC(=O)CCCl)cc45)[nH]c3c2)CC1. The average molecular weight is 467 g/mol. The molecule has 0 atom stereocenters. The van der Waals surface area contributed by atoms with Crippen LogP contribution in [0.3, 0.4) is 0 Å². The van der Waals surface area contributed by atoms with Gasteiger partial charge in [-0.25, -0.2) is 9.97 Å². The van der Waals surface area contributed by atoms with Crippen LogP contribution in [0, 0.1) is 0 Å². The van der Waals surface area contributed by atoms with E-state index >= 15 is 0 Å². The maximum Gasteiger partial charge on any atom is 0.254 e. The lowest BCUT2D eigenvalue weighted by Gasteiger charge is -2.32. The number of pyridine rings is 1. The molecule has 1 saturated heterocycles. The molecule has 0 bridgehead atoms. The molecule has 0 unspecified atom stereocenters. The molecule has 3 N–H and O–H groups in total. The number of fused-ring (bicyclic) bond motifs is 2. The number of halogens is 1. The number of H-pyrrole nitrogens is 2. The number of piperazine rings is 1. The molecule has 0 radical (unpaired) electrons. The second-order valence-corrected chi connectivity index (χ2v) is 8.47. The van der Waals surface area contributed by atoms with Crippen LogP contribution in [0.5, 0.6) is 0 Å². The Bertz CT molecular complexity index is 1340. The number of rotatable bonds is 5. The van der Waals surface area contributed by atoms with Crippen molar-refractivity contribution in [3.05, 3.63) is 36.0 Å². The van der Waals surface area contributed by atoms with Crippen LogP contribution in [0.2, 0.25) is 0 Å². The van der Waals surface area contributed by atoms with Gasteiger partial charge in [0.2, 0.25) is 5.91 Å². The Balaban J connectivity index is 1.44. The van der Waals surface area contributed by atoms with E-state index in [-0.39, 0.29) is 24.1 Å². The van der Waals surface area contributed by atoms with Crippen LogP contribution in [0.15, 0.2) is 30.5 Å². The molecule has 11 heteroatoms. The summed E-state index contributed by atoms with van der Waals surface area (Å²) in [4.78, 5) is 41.2. The zero-order valence-corrected chi connectivity index (χ0v) is 18.8. The van der Waals surface area contributed by atoms with Gasteiger partial charge in [0.05, 0.1) is 28.3 Å². The van der Waals surface area contributed by atoms with Gasteiger partial charge in [-0.05, 0) is 31.3 Å². The minimum absolute atomic E-state index is 0.0228. The first-order valence-corrected chi connectivity index (χ1v) is 11.2. The lowest BCUT2D eigenvalue weighted by atomic mass is 10.1. The number of benzene rings is 1. The first kappa shape index (κ1) is 21.4. The van der Waals surface area contributed by atoms with Gasteiger partial charge in [0.25, 0.3) is 5.91 Å². The van der Waals surface area contributed by atoms with Gasteiger partial charge in [0, 0.05) is 44.0 Å². The molecule has 4 aromatic rings. The van der Waals surface area contributed by atoms with Crippen molar-refractivity contribution in [2.75, 3.05) is 44.4 Å². The predicted octanol–water partition coefficient (Wildman–Crippen LogP) is 2.46. The van der Waals surface area contributed by atoms with Crippen LogP contribution in [0.1, 0.15) is 16.8 Å². The molecule has 1 aliphatic heterocycles. The molecule has 4 heterocycles. The number of anilines is 1. The Hall–Kier alpha value is -3.50. The summed E-state index contributed by atoms with van der Waals surface area (Å²) < 4.78 is 0. The molecule has 0 spiro atoms. The molecule has 1 aliphatic rings. The number of likely N-dealkylation sites (N-methyl/N-ethyl adjacent to an activating group) is 1. The number of aromatic nitrogens is 5. The number of hydrogen-bond donors (Lipinski definition) is 3. The van der Waals surface area contributed by atoms with Crippen LogP contribution in [0.4, 0.5) is 5.69 Å². The summed E-state index contributed by atoms with van der Waals surface area (Å²) in [6.07, 6.45) is 1.77. The number of nitrogens with one attached hydrogen (secondary N) is 3. The van der Waals surface area contributed by atoms with Gasteiger partial charge < -0.3 is 20.1 Å². The van der Waals surface area contributed by atoms with Crippen molar-refractivity contribution in [3.63, 3.8) is 0 Å². The highest BCUT2D eigenvalue weighted by Crippen LogP contribution is 2.27. The first-order chi connectivity index (χ1) is 16.0. The molecular weight excluding hydrogens is 444 g/mol. The molecule has 2 amide bonds. The minimum Gasteiger partial charge on any atom is -0.337 e. The first-order valence-electron chi connectivity index (χ1n) is 10.7. The number of carbonyl (C=O) groups excluding carboxylic acids is 2. The van der Waals surface area contributed by atoms with Gasteiger partial charge in [-0.3, -0.25) is 14.7 Å². The molecule has 170 valence electrons. The van der Waals surface area contributed by atoms with E-state index in [4.69, 9.17) is 11.6 Å². The van der Waals surface area contributed by atoms with Crippen LogP contribution < -0.4 is 5.32 Å². The van der Waals surface area contributed by atoms with Gasteiger partial charge >= 0.3 is 0 Å². The predicted molar refractivity (Wildman–Crippen MR) is 126 cm³/mol. The van der Waals surface area contributed by atoms with E-state index in [1.54, 1.807) is 12.3 Å². The number of imidazole rings is 1.